The molecule has 1 saturated carbocycles. The molecule has 0 aromatic rings. The smallest absolute Gasteiger partial charge is 0.222 e. The number of nitrogens with one attached hydrogen (secondary N) is 1. The zero-order chi connectivity index (χ0) is 12.8. The number of piperidine rings is 1. The van der Waals surface area contributed by atoms with Crippen LogP contribution < -0.4 is 5.32 Å². The molecule has 2 aliphatic rings. The minimum atomic E-state index is 0.414. The molecular formula is C15H28N2O. The van der Waals surface area contributed by atoms with Gasteiger partial charge in [0, 0.05) is 25.6 Å². The molecule has 2 fully saturated rings. The number of carbonyl (C=O) groups excluding carboxylic acids is 1. The van der Waals surface area contributed by atoms with Crippen molar-refractivity contribution in [2.45, 2.75) is 64.3 Å². The van der Waals surface area contributed by atoms with Gasteiger partial charge in [-0.15, -0.1) is 0 Å². The first-order valence-corrected chi connectivity index (χ1v) is 7.80. The van der Waals surface area contributed by atoms with Gasteiger partial charge in [0.2, 0.25) is 5.91 Å². The average Bonchev–Trinajstić information content (AvgIpc) is 2.41. The van der Waals surface area contributed by atoms with Crippen LogP contribution in [0.25, 0.3) is 0 Å². The largest absolute Gasteiger partial charge is 0.343 e. The number of hydrogen-bond donors (Lipinski definition) is 1. The molecule has 0 aromatic heterocycles. The molecular weight excluding hydrogens is 224 g/mol. The molecule has 1 amide bonds. The highest BCUT2D eigenvalue weighted by atomic mass is 16.2. The molecule has 1 heterocycles. The Morgan fingerprint density at radius 1 is 1.11 bits per heavy atom. The van der Waals surface area contributed by atoms with Gasteiger partial charge < -0.3 is 10.2 Å². The molecule has 0 radical (unpaired) electrons. The Balaban J connectivity index is 1.70. The predicted octanol–water partition coefficient (Wildman–Crippen LogP) is 2.56. The molecule has 104 valence electrons. The fourth-order valence-electron chi connectivity index (χ4n) is 3.39. The Hall–Kier alpha value is -0.570. The summed E-state index contributed by atoms with van der Waals surface area (Å²) in [6.07, 6.45) is 9.67. The number of likely N-dealkylation sites (tertiary alicyclic amines) is 1. The summed E-state index contributed by atoms with van der Waals surface area (Å²) in [5, 5.41) is 3.49. The lowest BCUT2D eigenvalue weighted by Gasteiger charge is -2.33. The maximum absolute atomic E-state index is 12.2. The highest BCUT2D eigenvalue weighted by molar-refractivity contribution is 5.76. The third kappa shape index (κ3) is 3.98. The van der Waals surface area contributed by atoms with Crippen molar-refractivity contribution < 1.29 is 4.79 Å². The first kappa shape index (κ1) is 13.9. The highest BCUT2D eigenvalue weighted by Crippen LogP contribution is 2.27. The van der Waals surface area contributed by atoms with Crippen molar-refractivity contribution in [1.29, 1.82) is 0 Å². The topological polar surface area (TPSA) is 32.3 Å². The number of carbonyl (C=O) groups is 1. The van der Waals surface area contributed by atoms with E-state index < -0.39 is 0 Å². The summed E-state index contributed by atoms with van der Waals surface area (Å²) in [6.45, 7) is 5.12. The maximum Gasteiger partial charge on any atom is 0.222 e. The minimum absolute atomic E-state index is 0.414. The van der Waals surface area contributed by atoms with Gasteiger partial charge in [-0.2, -0.15) is 0 Å². The maximum atomic E-state index is 12.2. The quantitative estimate of drug-likeness (QED) is 0.834. The van der Waals surface area contributed by atoms with Gasteiger partial charge in [0.15, 0.2) is 0 Å². The van der Waals surface area contributed by atoms with Crippen LogP contribution in [0.4, 0.5) is 0 Å². The molecule has 1 aliphatic heterocycles. The fraction of sp³-hybridized carbons (Fsp3) is 0.933. The van der Waals surface area contributed by atoms with E-state index in [4.69, 9.17) is 0 Å². The van der Waals surface area contributed by atoms with E-state index in [9.17, 15) is 4.79 Å². The van der Waals surface area contributed by atoms with Crippen molar-refractivity contribution in [1.82, 2.24) is 10.2 Å². The van der Waals surface area contributed by atoms with E-state index >= 15 is 0 Å². The van der Waals surface area contributed by atoms with Crippen molar-refractivity contribution >= 4 is 5.91 Å². The van der Waals surface area contributed by atoms with Crippen LogP contribution in [0.3, 0.4) is 0 Å². The predicted molar refractivity (Wildman–Crippen MR) is 74.5 cm³/mol. The van der Waals surface area contributed by atoms with Gasteiger partial charge in [-0.1, -0.05) is 26.2 Å². The summed E-state index contributed by atoms with van der Waals surface area (Å²) in [5.41, 5.74) is 0. The van der Waals surface area contributed by atoms with E-state index in [0.717, 1.165) is 38.9 Å². The van der Waals surface area contributed by atoms with Crippen molar-refractivity contribution in [3.63, 3.8) is 0 Å². The number of amides is 1. The first-order valence-electron chi connectivity index (χ1n) is 7.80. The molecule has 3 heteroatoms. The molecule has 0 aromatic carbocycles. The second-order valence-electron chi connectivity index (χ2n) is 5.92. The number of nitrogens with zero attached hydrogens (tertiary/aromatic N) is 1. The van der Waals surface area contributed by atoms with E-state index in [1.54, 1.807) is 0 Å². The summed E-state index contributed by atoms with van der Waals surface area (Å²) >= 11 is 0. The van der Waals surface area contributed by atoms with E-state index in [0.29, 0.717) is 17.9 Å². The minimum Gasteiger partial charge on any atom is -0.343 e. The highest BCUT2D eigenvalue weighted by Gasteiger charge is 2.24. The van der Waals surface area contributed by atoms with E-state index in [1.807, 2.05) is 0 Å². The molecule has 0 spiro atoms. The number of rotatable bonds is 4. The summed E-state index contributed by atoms with van der Waals surface area (Å²) in [5.74, 6) is 1.09. The summed E-state index contributed by atoms with van der Waals surface area (Å²) in [4.78, 5) is 14.3. The normalized spacial score (nSPS) is 23.3. The summed E-state index contributed by atoms with van der Waals surface area (Å²) in [7, 11) is 0. The molecule has 1 N–H and O–H groups in total. The Kier molecular flexibility index (Phi) is 5.48. The van der Waals surface area contributed by atoms with E-state index in [1.165, 1.54) is 32.1 Å². The van der Waals surface area contributed by atoms with Crippen LogP contribution >= 0.6 is 0 Å². The number of hydrogen-bond acceptors (Lipinski definition) is 2. The van der Waals surface area contributed by atoms with Gasteiger partial charge in [0.25, 0.3) is 0 Å². The van der Waals surface area contributed by atoms with Crippen LogP contribution in [-0.2, 0) is 4.79 Å². The van der Waals surface area contributed by atoms with Gasteiger partial charge in [-0.05, 0) is 38.1 Å². The summed E-state index contributed by atoms with van der Waals surface area (Å²) < 4.78 is 0. The SMILES string of the molecule is CCNC1CCN(C(=O)CC2CCCCC2)CC1. The average molecular weight is 252 g/mol. The van der Waals surface area contributed by atoms with Crippen molar-refractivity contribution in [3.8, 4) is 0 Å². The molecule has 0 unspecified atom stereocenters. The third-order valence-corrected chi connectivity index (χ3v) is 4.53. The molecule has 1 aliphatic carbocycles. The third-order valence-electron chi connectivity index (χ3n) is 4.53. The zero-order valence-electron chi connectivity index (χ0n) is 11.8. The lowest BCUT2D eigenvalue weighted by Crippen LogP contribution is -2.45. The van der Waals surface area contributed by atoms with Crippen molar-refractivity contribution in [3.05, 3.63) is 0 Å². The Labute approximate surface area is 111 Å². The van der Waals surface area contributed by atoms with Crippen molar-refractivity contribution in [2.24, 2.45) is 5.92 Å². The van der Waals surface area contributed by atoms with Gasteiger partial charge in [0.1, 0.15) is 0 Å². The lowest BCUT2D eigenvalue weighted by molar-refractivity contribution is -0.133. The standard InChI is InChI=1S/C15H28N2O/c1-2-16-14-8-10-17(11-9-14)15(18)12-13-6-4-3-5-7-13/h13-14,16H,2-12H2,1H3. The molecule has 2 rings (SSSR count). The van der Waals surface area contributed by atoms with Crippen LogP contribution in [0, 0.1) is 5.92 Å². The second-order valence-corrected chi connectivity index (χ2v) is 5.92. The van der Waals surface area contributed by atoms with E-state index in [-0.39, 0.29) is 0 Å². The van der Waals surface area contributed by atoms with Crippen molar-refractivity contribution in [2.75, 3.05) is 19.6 Å². The van der Waals surface area contributed by atoms with Crippen LogP contribution in [0.15, 0.2) is 0 Å². The molecule has 1 saturated heterocycles. The van der Waals surface area contributed by atoms with E-state index in [2.05, 4.69) is 17.1 Å². The Bertz CT molecular complexity index is 253. The van der Waals surface area contributed by atoms with Crippen LogP contribution in [0.1, 0.15) is 58.3 Å². The summed E-state index contributed by atoms with van der Waals surface area (Å²) in [6, 6.07) is 0.633. The van der Waals surface area contributed by atoms with Gasteiger partial charge in [0.05, 0.1) is 0 Å². The molecule has 0 bridgehead atoms. The van der Waals surface area contributed by atoms with Crippen LogP contribution in [0.5, 0.6) is 0 Å². The zero-order valence-corrected chi connectivity index (χ0v) is 11.8. The molecule has 18 heavy (non-hydrogen) atoms. The van der Waals surface area contributed by atoms with Gasteiger partial charge >= 0.3 is 0 Å². The molecule has 3 nitrogen and oxygen atoms in total. The molecule has 0 atom stereocenters. The monoisotopic (exact) mass is 252 g/mol. The van der Waals surface area contributed by atoms with Crippen LogP contribution in [0.2, 0.25) is 0 Å². The Morgan fingerprint density at radius 3 is 2.39 bits per heavy atom. The first-order chi connectivity index (χ1) is 8.79. The fourth-order valence-corrected chi connectivity index (χ4v) is 3.39. The van der Waals surface area contributed by atoms with Gasteiger partial charge in [-0.3, -0.25) is 4.79 Å². The Morgan fingerprint density at radius 2 is 1.78 bits per heavy atom. The lowest BCUT2D eigenvalue weighted by atomic mass is 9.86. The van der Waals surface area contributed by atoms with Gasteiger partial charge in [-0.25, -0.2) is 0 Å². The van der Waals surface area contributed by atoms with Crippen LogP contribution in [-0.4, -0.2) is 36.5 Å². The second kappa shape index (κ2) is 7.13.